The van der Waals surface area contributed by atoms with E-state index in [2.05, 4.69) is 15.6 Å². The van der Waals surface area contributed by atoms with Gasteiger partial charge in [-0.2, -0.15) is 0 Å². The van der Waals surface area contributed by atoms with Crippen LogP contribution in [0.2, 0.25) is 0 Å². The first-order valence-corrected chi connectivity index (χ1v) is 9.57. The van der Waals surface area contributed by atoms with Crippen LogP contribution in [0.4, 0.5) is 5.69 Å². The largest absolute Gasteiger partial charge is 0.492 e. The van der Waals surface area contributed by atoms with E-state index in [1.165, 1.54) is 0 Å². The van der Waals surface area contributed by atoms with Crippen molar-refractivity contribution in [3.63, 3.8) is 0 Å². The van der Waals surface area contributed by atoms with Gasteiger partial charge in [0, 0.05) is 31.0 Å². The van der Waals surface area contributed by atoms with E-state index >= 15 is 0 Å². The molecule has 0 radical (unpaired) electrons. The molecular formula is C23H26ClN3O3. The Morgan fingerprint density at radius 2 is 1.73 bits per heavy atom. The summed E-state index contributed by atoms with van der Waals surface area (Å²) in [6.45, 7) is 1.49. The first-order chi connectivity index (χ1) is 14.2. The Morgan fingerprint density at radius 3 is 2.47 bits per heavy atom. The Balaban J connectivity index is 0.00000320. The number of carbonyl (C=O) groups is 1. The Hall–Kier alpha value is -2.93. The summed E-state index contributed by atoms with van der Waals surface area (Å²) in [5, 5.41) is 16.1. The van der Waals surface area contributed by atoms with Gasteiger partial charge in [-0.05, 0) is 23.8 Å². The second-order valence-electron chi connectivity index (χ2n) is 6.55. The number of benzene rings is 2. The van der Waals surface area contributed by atoms with Crippen LogP contribution in [-0.4, -0.2) is 35.7 Å². The number of carbonyl (C=O) groups excluding carboxylic acids is 1. The molecule has 7 heteroatoms. The van der Waals surface area contributed by atoms with Gasteiger partial charge in [-0.25, -0.2) is 0 Å². The number of para-hydroxylation sites is 1. The van der Waals surface area contributed by atoms with Crippen LogP contribution in [0.15, 0.2) is 79.0 Å². The fourth-order valence-corrected chi connectivity index (χ4v) is 2.81. The van der Waals surface area contributed by atoms with Gasteiger partial charge in [-0.3, -0.25) is 9.78 Å². The smallest absolute Gasteiger partial charge is 0.230 e. The summed E-state index contributed by atoms with van der Waals surface area (Å²) in [4.78, 5) is 16.4. The quantitative estimate of drug-likeness (QED) is 0.432. The Labute approximate surface area is 182 Å². The molecule has 158 valence electrons. The zero-order valence-electron chi connectivity index (χ0n) is 16.5. The van der Waals surface area contributed by atoms with Crippen molar-refractivity contribution in [2.75, 3.05) is 25.0 Å². The van der Waals surface area contributed by atoms with Crippen LogP contribution in [0, 0.1) is 0 Å². The lowest BCUT2D eigenvalue weighted by molar-refractivity contribution is -0.115. The predicted octanol–water partition coefficient (Wildman–Crippen LogP) is 3.39. The van der Waals surface area contributed by atoms with Crippen molar-refractivity contribution < 1.29 is 14.6 Å². The number of anilines is 1. The molecule has 1 aromatic heterocycles. The third-order valence-electron chi connectivity index (χ3n) is 4.26. The number of hydrogen-bond donors (Lipinski definition) is 3. The minimum absolute atomic E-state index is 0. The number of aliphatic hydroxyl groups excluding tert-OH is 1. The fourth-order valence-electron chi connectivity index (χ4n) is 2.81. The SMILES string of the molecule is Cl.O=C(Cc1cc(OCCNC[C@H](O)c2ccccc2)ccn1)Nc1ccccc1. The molecule has 6 nitrogen and oxygen atoms in total. The van der Waals surface area contributed by atoms with E-state index in [0.29, 0.717) is 31.1 Å². The van der Waals surface area contributed by atoms with Gasteiger partial charge in [0.25, 0.3) is 0 Å². The summed E-state index contributed by atoms with van der Waals surface area (Å²) in [7, 11) is 0. The Bertz CT molecular complexity index is 894. The molecule has 2 aromatic carbocycles. The number of pyridine rings is 1. The molecule has 0 aliphatic carbocycles. The maximum atomic E-state index is 12.1. The molecule has 0 spiro atoms. The van der Waals surface area contributed by atoms with Crippen molar-refractivity contribution in [1.29, 1.82) is 0 Å². The molecule has 1 amide bonds. The standard InChI is InChI=1S/C23H25N3O3.ClH/c27-22(18-7-3-1-4-8-18)17-24-13-14-29-21-11-12-25-20(15-21)16-23(28)26-19-9-5-2-6-10-19;/h1-12,15,22,24,27H,13-14,16-17H2,(H,26,28);1H/t22-;/m0./s1. The zero-order valence-corrected chi connectivity index (χ0v) is 17.3. The van der Waals surface area contributed by atoms with E-state index in [9.17, 15) is 9.90 Å². The molecule has 3 aromatic rings. The van der Waals surface area contributed by atoms with Crippen molar-refractivity contribution >= 4 is 24.0 Å². The fraction of sp³-hybridized carbons (Fsp3) is 0.217. The number of aromatic nitrogens is 1. The van der Waals surface area contributed by atoms with Crippen LogP contribution in [0.1, 0.15) is 17.4 Å². The van der Waals surface area contributed by atoms with Gasteiger partial charge in [0.15, 0.2) is 0 Å². The van der Waals surface area contributed by atoms with E-state index in [4.69, 9.17) is 4.74 Å². The summed E-state index contributed by atoms with van der Waals surface area (Å²) < 4.78 is 5.72. The highest BCUT2D eigenvalue weighted by Gasteiger charge is 2.07. The average molecular weight is 428 g/mol. The summed E-state index contributed by atoms with van der Waals surface area (Å²) in [6.07, 6.45) is 1.26. The first-order valence-electron chi connectivity index (χ1n) is 9.57. The van der Waals surface area contributed by atoms with Crippen LogP contribution < -0.4 is 15.4 Å². The Kier molecular flexibility index (Phi) is 9.80. The number of amides is 1. The molecule has 0 bridgehead atoms. The van der Waals surface area contributed by atoms with Gasteiger partial charge in [-0.15, -0.1) is 12.4 Å². The highest BCUT2D eigenvalue weighted by atomic mass is 35.5. The molecule has 0 saturated carbocycles. The number of rotatable bonds is 10. The summed E-state index contributed by atoms with van der Waals surface area (Å²) in [5.41, 5.74) is 2.28. The normalized spacial score (nSPS) is 11.2. The van der Waals surface area contributed by atoms with Crippen molar-refractivity contribution in [2.24, 2.45) is 0 Å². The second-order valence-corrected chi connectivity index (χ2v) is 6.55. The monoisotopic (exact) mass is 427 g/mol. The molecule has 0 saturated heterocycles. The molecule has 0 fully saturated rings. The van der Waals surface area contributed by atoms with Crippen molar-refractivity contribution in [3.8, 4) is 5.75 Å². The molecule has 1 heterocycles. The summed E-state index contributed by atoms with van der Waals surface area (Å²) >= 11 is 0. The highest BCUT2D eigenvalue weighted by molar-refractivity contribution is 5.92. The number of nitrogens with zero attached hydrogens (tertiary/aromatic N) is 1. The number of nitrogens with one attached hydrogen (secondary N) is 2. The molecule has 0 aliphatic rings. The minimum atomic E-state index is -0.549. The number of hydrogen-bond acceptors (Lipinski definition) is 5. The minimum Gasteiger partial charge on any atom is -0.492 e. The van der Waals surface area contributed by atoms with Gasteiger partial charge < -0.3 is 20.5 Å². The topological polar surface area (TPSA) is 83.5 Å². The van der Waals surface area contributed by atoms with E-state index in [-0.39, 0.29) is 24.7 Å². The van der Waals surface area contributed by atoms with E-state index in [0.717, 1.165) is 11.3 Å². The van der Waals surface area contributed by atoms with Crippen molar-refractivity contribution in [1.82, 2.24) is 10.3 Å². The molecule has 3 rings (SSSR count). The van der Waals surface area contributed by atoms with Gasteiger partial charge in [0.05, 0.1) is 18.2 Å². The predicted molar refractivity (Wildman–Crippen MR) is 120 cm³/mol. The number of aliphatic hydroxyl groups is 1. The summed E-state index contributed by atoms with van der Waals surface area (Å²) in [5.74, 6) is 0.533. The van der Waals surface area contributed by atoms with Crippen molar-refractivity contribution in [2.45, 2.75) is 12.5 Å². The maximum absolute atomic E-state index is 12.1. The molecule has 1 atom stereocenters. The molecule has 30 heavy (non-hydrogen) atoms. The van der Waals surface area contributed by atoms with Gasteiger partial charge in [-0.1, -0.05) is 48.5 Å². The lowest BCUT2D eigenvalue weighted by Crippen LogP contribution is -2.26. The van der Waals surface area contributed by atoms with E-state index < -0.39 is 6.10 Å². The third kappa shape index (κ3) is 7.83. The summed E-state index contributed by atoms with van der Waals surface area (Å²) in [6, 6.07) is 22.4. The van der Waals surface area contributed by atoms with Crippen LogP contribution >= 0.6 is 12.4 Å². The van der Waals surface area contributed by atoms with Crippen LogP contribution in [-0.2, 0) is 11.2 Å². The average Bonchev–Trinajstić information content (AvgIpc) is 2.75. The van der Waals surface area contributed by atoms with E-state index in [1.54, 1.807) is 18.3 Å². The van der Waals surface area contributed by atoms with E-state index in [1.807, 2.05) is 60.7 Å². The van der Waals surface area contributed by atoms with Crippen LogP contribution in [0.5, 0.6) is 5.75 Å². The molecule has 0 unspecified atom stereocenters. The van der Waals surface area contributed by atoms with Gasteiger partial charge in [0.2, 0.25) is 5.91 Å². The molecule has 0 aliphatic heterocycles. The Morgan fingerprint density at radius 1 is 1.03 bits per heavy atom. The zero-order chi connectivity index (χ0) is 20.3. The second kappa shape index (κ2) is 12.6. The maximum Gasteiger partial charge on any atom is 0.230 e. The van der Waals surface area contributed by atoms with Crippen molar-refractivity contribution in [3.05, 3.63) is 90.3 Å². The lowest BCUT2D eigenvalue weighted by atomic mass is 10.1. The first kappa shape index (κ1) is 23.3. The number of halogens is 1. The number of ether oxygens (including phenoxy) is 1. The lowest BCUT2D eigenvalue weighted by Gasteiger charge is -2.13. The van der Waals surface area contributed by atoms with Crippen LogP contribution in [0.3, 0.4) is 0 Å². The van der Waals surface area contributed by atoms with Gasteiger partial charge in [0.1, 0.15) is 12.4 Å². The van der Waals surface area contributed by atoms with Crippen LogP contribution in [0.25, 0.3) is 0 Å². The molecule has 3 N–H and O–H groups in total. The third-order valence-corrected chi connectivity index (χ3v) is 4.26. The highest BCUT2D eigenvalue weighted by Crippen LogP contribution is 2.13. The molecular weight excluding hydrogens is 402 g/mol. The van der Waals surface area contributed by atoms with Gasteiger partial charge >= 0.3 is 0 Å².